The van der Waals surface area contributed by atoms with Gasteiger partial charge in [-0.1, -0.05) is 41.9 Å². The monoisotopic (exact) mass is 315 g/mol. The molecule has 1 unspecified atom stereocenters. The van der Waals surface area contributed by atoms with Crippen LogP contribution in [-0.4, -0.2) is 21.8 Å². The van der Waals surface area contributed by atoms with Crippen molar-refractivity contribution in [2.24, 2.45) is 0 Å². The summed E-state index contributed by atoms with van der Waals surface area (Å²) in [6, 6.07) is 13.5. The second kappa shape index (κ2) is 6.08. The van der Waals surface area contributed by atoms with Gasteiger partial charge in [-0.25, -0.2) is 0 Å². The fourth-order valence-electron chi connectivity index (χ4n) is 2.54. The molecule has 4 nitrogen and oxygen atoms in total. The fourth-order valence-corrected chi connectivity index (χ4v) is 2.88. The second-order valence-corrected chi connectivity index (χ2v) is 6.06. The molecular weight excluding hydrogens is 298 g/mol. The molecule has 0 spiro atoms. The molecule has 114 valence electrons. The van der Waals surface area contributed by atoms with Crippen LogP contribution in [0.3, 0.4) is 0 Å². The van der Waals surface area contributed by atoms with Crippen molar-refractivity contribution in [2.75, 3.05) is 6.54 Å². The van der Waals surface area contributed by atoms with Gasteiger partial charge in [-0.2, -0.15) is 5.10 Å². The lowest BCUT2D eigenvalue weighted by molar-refractivity contribution is 0.0568. The third-order valence-corrected chi connectivity index (χ3v) is 4.09. The van der Waals surface area contributed by atoms with Crippen LogP contribution in [0.25, 0.3) is 10.9 Å². The van der Waals surface area contributed by atoms with Crippen molar-refractivity contribution in [2.45, 2.75) is 19.1 Å². The lowest BCUT2D eigenvalue weighted by Crippen LogP contribution is -2.35. The highest BCUT2D eigenvalue weighted by molar-refractivity contribution is 6.31. The Hall–Kier alpha value is -1.88. The summed E-state index contributed by atoms with van der Waals surface area (Å²) in [6.45, 7) is 2.84. The molecule has 0 bridgehead atoms. The van der Waals surface area contributed by atoms with Gasteiger partial charge in [0.05, 0.1) is 11.7 Å². The molecule has 3 rings (SSSR count). The molecule has 0 aliphatic heterocycles. The van der Waals surface area contributed by atoms with Crippen LogP contribution in [0.2, 0.25) is 5.02 Å². The van der Waals surface area contributed by atoms with Gasteiger partial charge in [0.25, 0.3) is 0 Å². The van der Waals surface area contributed by atoms with E-state index < -0.39 is 5.60 Å². The Labute approximate surface area is 134 Å². The Kier molecular flexibility index (Phi) is 4.16. The molecule has 1 heterocycles. The van der Waals surface area contributed by atoms with E-state index in [2.05, 4.69) is 27.6 Å². The molecule has 0 saturated carbocycles. The van der Waals surface area contributed by atoms with Crippen LogP contribution in [0, 0.1) is 0 Å². The summed E-state index contributed by atoms with van der Waals surface area (Å²) in [5.74, 6) is 0. The standard InChI is InChI=1S/C17H18ClN3O/c1-17(22,14-4-2-3-5-15(14)18)11-19-9-12-6-7-13-10-20-21-16(13)8-12/h2-8,10,19,22H,9,11H2,1H3,(H,20,21). The van der Waals surface area contributed by atoms with Gasteiger partial charge in [0, 0.05) is 29.1 Å². The van der Waals surface area contributed by atoms with Crippen LogP contribution in [-0.2, 0) is 12.1 Å². The van der Waals surface area contributed by atoms with Crippen molar-refractivity contribution in [3.63, 3.8) is 0 Å². The van der Waals surface area contributed by atoms with Crippen LogP contribution in [0.5, 0.6) is 0 Å². The van der Waals surface area contributed by atoms with Gasteiger partial charge in [0.15, 0.2) is 0 Å². The Morgan fingerprint density at radius 3 is 2.91 bits per heavy atom. The van der Waals surface area contributed by atoms with Crippen molar-refractivity contribution in [3.8, 4) is 0 Å². The second-order valence-electron chi connectivity index (χ2n) is 5.65. The maximum Gasteiger partial charge on any atom is 0.101 e. The highest BCUT2D eigenvalue weighted by Gasteiger charge is 2.24. The van der Waals surface area contributed by atoms with Crippen molar-refractivity contribution >= 4 is 22.5 Å². The quantitative estimate of drug-likeness (QED) is 0.677. The fraction of sp³-hybridized carbons (Fsp3) is 0.235. The van der Waals surface area contributed by atoms with E-state index in [1.165, 1.54) is 0 Å². The number of nitrogens with one attached hydrogen (secondary N) is 2. The predicted molar refractivity (Wildman–Crippen MR) is 88.8 cm³/mol. The van der Waals surface area contributed by atoms with E-state index in [9.17, 15) is 5.11 Å². The number of hydrogen-bond donors (Lipinski definition) is 3. The maximum absolute atomic E-state index is 10.6. The van der Waals surface area contributed by atoms with Crippen molar-refractivity contribution in [1.82, 2.24) is 15.5 Å². The number of nitrogens with zero attached hydrogens (tertiary/aromatic N) is 1. The summed E-state index contributed by atoms with van der Waals surface area (Å²) >= 11 is 6.16. The Morgan fingerprint density at radius 1 is 1.27 bits per heavy atom. The number of rotatable bonds is 5. The lowest BCUT2D eigenvalue weighted by atomic mass is 9.96. The number of aromatic nitrogens is 2. The molecule has 0 fully saturated rings. The zero-order valence-corrected chi connectivity index (χ0v) is 13.1. The Morgan fingerprint density at radius 2 is 2.09 bits per heavy atom. The summed E-state index contributed by atoms with van der Waals surface area (Å²) in [5.41, 5.74) is 1.85. The molecule has 1 aromatic heterocycles. The molecule has 3 aromatic rings. The number of aromatic amines is 1. The van der Waals surface area contributed by atoms with Gasteiger partial charge in [0.1, 0.15) is 5.60 Å². The molecule has 0 amide bonds. The topological polar surface area (TPSA) is 60.9 Å². The first-order valence-corrected chi connectivity index (χ1v) is 7.54. The summed E-state index contributed by atoms with van der Waals surface area (Å²) in [4.78, 5) is 0. The zero-order chi connectivity index (χ0) is 15.6. The molecule has 0 radical (unpaired) electrons. The normalized spacial score (nSPS) is 14.1. The number of fused-ring (bicyclic) bond motifs is 1. The summed E-state index contributed by atoms with van der Waals surface area (Å²) in [7, 11) is 0. The minimum absolute atomic E-state index is 0.414. The number of hydrogen-bond acceptors (Lipinski definition) is 3. The van der Waals surface area contributed by atoms with Crippen LogP contribution in [0.15, 0.2) is 48.7 Å². The molecule has 22 heavy (non-hydrogen) atoms. The van der Waals surface area contributed by atoms with Crippen LogP contribution in [0.4, 0.5) is 0 Å². The first-order valence-electron chi connectivity index (χ1n) is 7.16. The Balaban J connectivity index is 1.65. The van der Waals surface area contributed by atoms with E-state index >= 15 is 0 Å². The van der Waals surface area contributed by atoms with Gasteiger partial charge < -0.3 is 10.4 Å². The first kappa shape index (κ1) is 15.0. The summed E-state index contributed by atoms with van der Waals surface area (Å²) < 4.78 is 0. The largest absolute Gasteiger partial charge is 0.384 e. The molecule has 3 N–H and O–H groups in total. The Bertz CT molecular complexity index is 782. The number of benzene rings is 2. The number of H-pyrrole nitrogens is 1. The molecule has 2 aromatic carbocycles. The van der Waals surface area contributed by atoms with E-state index in [4.69, 9.17) is 11.6 Å². The number of halogens is 1. The van der Waals surface area contributed by atoms with E-state index in [0.717, 1.165) is 22.0 Å². The lowest BCUT2D eigenvalue weighted by Gasteiger charge is -2.25. The van der Waals surface area contributed by atoms with E-state index in [0.29, 0.717) is 18.1 Å². The van der Waals surface area contributed by atoms with E-state index in [-0.39, 0.29) is 0 Å². The highest BCUT2D eigenvalue weighted by Crippen LogP contribution is 2.27. The van der Waals surface area contributed by atoms with E-state index in [1.54, 1.807) is 19.2 Å². The average molecular weight is 316 g/mol. The molecule has 0 saturated heterocycles. The van der Waals surface area contributed by atoms with Gasteiger partial charge in [-0.05, 0) is 24.6 Å². The van der Waals surface area contributed by atoms with Crippen molar-refractivity contribution in [1.29, 1.82) is 0 Å². The third-order valence-electron chi connectivity index (χ3n) is 3.76. The molecule has 5 heteroatoms. The van der Waals surface area contributed by atoms with Gasteiger partial charge in [-0.3, -0.25) is 5.10 Å². The average Bonchev–Trinajstić information content (AvgIpc) is 2.95. The zero-order valence-electron chi connectivity index (χ0n) is 12.3. The molecule has 1 atom stereocenters. The third kappa shape index (κ3) is 3.14. The van der Waals surface area contributed by atoms with Gasteiger partial charge >= 0.3 is 0 Å². The van der Waals surface area contributed by atoms with Gasteiger partial charge in [0.2, 0.25) is 0 Å². The molecule has 0 aliphatic rings. The van der Waals surface area contributed by atoms with Crippen LogP contribution in [0.1, 0.15) is 18.1 Å². The molecular formula is C17H18ClN3O. The first-order chi connectivity index (χ1) is 10.6. The highest BCUT2D eigenvalue weighted by atomic mass is 35.5. The van der Waals surface area contributed by atoms with Crippen LogP contribution >= 0.6 is 11.6 Å². The smallest absolute Gasteiger partial charge is 0.101 e. The summed E-state index contributed by atoms with van der Waals surface area (Å²) in [5, 5.41) is 22.5. The minimum Gasteiger partial charge on any atom is -0.384 e. The minimum atomic E-state index is -1.02. The van der Waals surface area contributed by atoms with Crippen LogP contribution < -0.4 is 5.32 Å². The van der Waals surface area contributed by atoms with Crippen molar-refractivity contribution < 1.29 is 5.11 Å². The van der Waals surface area contributed by atoms with Gasteiger partial charge in [-0.15, -0.1) is 0 Å². The molecule has 0 aliphatic carbocycles. The number of aliphatic hydroxyl groups is 1. The summed E-state index contributed by atoms with van der Waals surface area (Å²) in [6.07, 6.45) is 1.80. The van der Waals surface area contributed by atoms with Crippen molar-refractivity contribution in [3.05, 3.63) is 64.8 Å². The maximum atomic E-state index is 10.6. The van der Waals surface area contributed by atoms with E-state index in [1.807, 2.05) is 24.3 Å². The SMILES string of the molecule is CC(O)(CNCc1ccc2cn[nH]c2c1)c1ccccc1Cl. The predicted octanol–water partition coefficient (Wildman–Crippen LogP) is 3.21.